The van der Waals surface area contributed by atoms with E-state index in [4.69, 9.17) is 0 Å². The third-order valence-corrected chi connectivity index (χ3v) is 6.04. The number of carbonyl (C=O) groups is 1. The number of benzene rings is 2. The Balaban J connectivity index is 1.39. The molecule has 1 amide bonds. The van der Waals surface area contributed by atoms with Crippen LogP contribution < -0.4 is 10.2 Å². The molecule has 0 bridgehead atoms. The van der Waals surface area contributed by atoms with Crippen LogP contribution in [0.2, 0.25) is 0 Å². The van der Waals surface area contributed by atoms with Crippen LogP contribution in [-0.4, -0.2) is 39.2 Å². The summed E-state index contributed by atoms with van der Waals surface area (Å²) in [6, 6.07) is 16.2. The van der Waals surface area contributed by atoms with Crippen LogP contribution >= 0.6 is 0 Å². The summed E-state index contributed by atoms with van der Waals surface area (Å²) in [6.07, 6.45) is 6.90. The minimum absolute atomic E-state index is 0.0197. The molecule has 3 aromatic rings. The predicted octanol–water partition coefficient (Wildman–Crippen LogP) is 4.15. The topological polar surface area (TPSA) is 78.4 Å². The van der Waals surface area contributed by atoms with Gasteiger partial charge < -0.3 is 10.4 Å². The van der Waals surface area contributed by atoms with Crippen LogP contribution in [-0.2, 0) is 0 Å². The maximum absolute atomic E-state index is 13.4. The van der Waals surface area contributed by atoms with Crippen LogP contribution in [0, 0.1) is 0 Å². The van der Waals surface area contributed by atoms with Gasteiger partial charge in [0.15, 0.2) is 0 Å². The molecule has 2 aromatic carbocycles. The molecule has 0 aliphatic heterocycles. The third kappa shape index (κ3) is 4.00. The molecule has 6 heteroatoms. The molecule has 1 aromatic heterocycles. The van der Waals surface area contributed by atoms with E-state index >= 15 is 0 Å². The number of aliphatic hydroxyl groups excluding tert-OH is 1. The molecule has 2 fully saturated rings. The van der Waals surface area contributed by atoms with Crippen molar-refractivity contribution < 1.29 is 9.90 Å². The minimum atomic E-state index is -0.194. The number of anilines is 2. The SMILES string of the molecule is O=C(c1ccc2ccccc2c1)N(c1ccnc(NC2CCC(O)CC2)n1)C1CC1. The number of aliphatic hydroxyl groups is 1. The van der Waals surface area contributed by atoms with Crippen molar-refractivity contribution >= 4 is 28.4 Å². The number of nitrogens with one attached hydrogen (secondary N) is 1. The standard InChI is InChI=1S/C24H26N4O2/c29-21-11-7-19(8-12-21)26-24-25-14-13-22(27-24)28(20-9-10-20)23(30)18-6-5-16-3-1-2-4-17(16)15-18/h1-6,13-15,19-21,29H,7-12H2,(H,25,26,27). The molecule has 0 atom stereocenters. The molecule has 2 saturated carbocycles. The predicted molar refractivity (Wildman–Crippen MR) is 118 cm³/mol. The van der Waals surface area contributed by atoms with Gasteiger partial charge in [-0.1, -0.05) is 30.3 Å². The zero-order valence-electron chi connectivity index (χ0n) is 16.9. The van der Waals surface area contributed by atoms with E-state index in [1.807, 2.05) is 47.4 Å². The van der Waals surface area contributed by atoms with Gasteiger partial charge in [0.2, 0.25) is 5.95 Å². The fourth-order valence-electron chi connectivity index (χ4n) is 4.21. The maximum Gasteiger partial charge on any atom is 0.259 e. The van der Waals surface area contributed by atoms with Crippen molar-refractivity contribution in [1.82, 2.24) is 9.97 Å². The first-order valence-corrected chi connectivity index (χ1v) is 10.8. The second-order valence-corrected chi connectivity index (χ2v) is 8.36. The number of fused-ring (bicyclic) bond motifs is 1. The minimum Gasteiger partial charge on any atom is -0.393 e. The lowest BCUT2D eigenvalue weighted by Gasteiger charge is -2.27. The Hall–Kier alpha value is -2.99. The fraction of sp³-hybridized carbons (Fsp3) is 0.375. The molecule has 5 rings (SSSR count). The summed E-state index contributed by atoms with van der Waals surface area (Å²) in [4.78, 5) is 24.3. The average molecular weight is 402 g/mol. The number of nitrogens with zero attached hydrogens (tertiary/aromatic N) is 3. The van der Waals surface area contributed by atoms with E-state index in [1.165, 1.54) is 0 Å². The normalized spacial score (nSPS) is 21.4. The summed E-state index contributed by atoms with van der Waals surface area (Å²) in [5.74, 6) is 1.17. The van der Waals surface area contributed by atoms with Crippen molar-refractivity contribution in [2.45, 2.75) is 56.7 Å². The Morgan fingerprint density at radius 2 is 1.73 bits per heavy atom. The zero-order chi connectivity index (χ0) is 20.5. The summed E-state index contributed by atoms with van der Waals surface area (Å²) in [5, 5.41) is 15.3. The van der Waals surface area contributed by atoms with Gasteiger partial charge in [-0.25, -0.2) is 4.98 Å². The summed E-state index contributed by atoms with van der Waals surface area (Å²) in [6.45, 7) is 0. The van der Waals surface area contributed by atoms with Crippen molar-refractivity contribution in [2.75, 3.05) is 10.2 Å². The Bertz CT molecular complexity index is 1060. The van der Waals surface area contributed by atoms with Gasteiger partial charge in [-0.3, -0.25) is 9.69 Å². The lowest BCUT2D eigenvalue weighted by atomic mass is 9.93. The third-order valence-electron chi connectivity index (χ3n) is 6.04. The first-order chi connectivity index (χ1) is 14.7. The van der Waals surface area contributed by atoms with Crippen LogP contribution in [0.5, 0.6) is 0 Å². The van der Waals surface area contributed by atoms with Gasteiger partial charge in [0.25, 0.3) is 5.91 Å². The van der Waals surface area contributed by atoms with Gasteiger partial charge in [-0.2, -0.15) is 4.98 Å². The smallest absolute Gasteiger partial charge is 0.259 e. The van der Waals surface area contributed by atoms with Gasteiger partial charge in [0, 0.05) is 23.8 Å². The summed E-state index contributed by atoms with van der Waals surface area (Å²) >= 11 is 0. The fourth-order valence-corrected chi connectivity index (χ4v) is 4.21. The van der Waals surface area contributed by atoms with Gasteiger partial charge in [0.05, 0.1) is 6.10 Å². The Morgan fingerprint density at radius 3 is 2.50 bits per heavy atom. The summed E-state index contributed by atoms with van der Waals surface area (Å²) in [5.41, 5.74) is 0.676. The molecule has 6 nitrogen and oxygen atoms in total. The number of aromatic nitrogens is 2. The highest BCUT2D eigenvalue weighted by Crippen LogP contribution is 2.33. The highest BCUT2D eigenvalue weighted by atomic mass is 16.3. The zero-order valence-corrected chi connectivity index (χ0v) is 16.9. The second-order valence-electron chi connectivity index (χ2n) is 8.36. The van der Waals surface area contributed by atoms with Gasteiger partial charge in [-0.15, -0.1) is 0 Å². The quantitative estimate of drug-likeness (QED) is 0.670. The number of hydrogen-bond donors (Lipinski definition) is 2. The largest absolute Gasteiger partial charge is 0.393 e. The van der Waals surface area contributed by atoms with E-state index in [1.54, 1.807) is 6.20 Å². The molecular formula is C24H26N4O2. The maximum atomic E-state index is 13.4. The van der Waals surface area contributed by atoms with E-state index in [-0.39, 0.29) is 24.1 Å². The molecule has 0 spiro atoms. The van der Waals surface area contributed by atoms with Crippen LogP contribution in [0.15, 0.2) is 54.7 Å². The molecule has 1 heterocycles. The molecule has 0 unspecified atom stereocenters. The molecule has 0 saturated heterocycles. The van der Waals surface area contributed by atoms with E-state index in [2.05, 4.69) is 21.4 Å². The van der Waals surface area contributed by atoms with E-state index in [0.717, 1.165) is 49.3 Å². The van der Waals surface area contributed by atoms with E-state index in [0.29, 0.717) is 17.3 Å². The van der Waals surface area contributed by atoms with E-state index in [9.17, 15) is 9.90 Å². The van der Waals surface area contributed by atoms with Crippen LogP contribution in [0.25, 0.3) is 10.8 Å². The van der Waals surface area contributed by atoms with Crippen molar-refractivity contribution in [3.05, 3.63) is 60.3 Å². The molecular weight excluding hydrogens is 376 g/mol. The van der Waals surface area contributed by atoms with Crippen molar-refractivity contribution in [3.63, 3.8) is 0 Å². The van der Waals surface area contributed by atoms with Gasteiger partial charge >= 0.3 is 0 Å². The Kier molecular flexibility index (Phi) is 5.09. The first-order valence-electron chi connectivity index (χ1n) is 10.8. The van der Waals surface area contributed by atoms with Crippen LogP contribution in [0.4, 0.5) is 11.8 Å². The number of carbonyl (C=O) groups excluding carboxylic acids is 1. The highest BCUT2D eigenvalue weighted by molar-refractivity contribution is 6.08. The van der Waals surface area contributed by atoms with E-state index < -0.39 is 0 Å². The average Bonchev–Trinajstić information content (AvgIpc) is 3.60. The number of amides is 1. The Morgan fingerprint density at radius 1 is 0.967 bits per heavy atom. The van der Waals surface area contributed by atoms with Crippen molar-refractivity contribution in [1.29, 1.82) is 0 Å². The number of hydrogen-bond acceptors (Lipinski definition) is 5. The van der Waals surface area contributed by atoms with Crippen LogP contribution in [0.1, 0.15) is 48.9 Å². The lowest BCUT2D eigenvalue weighted by Crippen LogP contribution is -2.34. The molecule has 2 aliphatic rings. The molecule has 2 N–H and O–H groups in total. The lowest BCUT2D eigenvalue weighted by molar-refractivity contribution is 0.0984. The molecule has 2 aliphatic carbocycles. The summed E-state index contributed by atoms with van der Waals surface area (Å²) in [7, 11) is 0. The monoisotopic (exact) mass is 402 g/mol. The van der Waals surface area contributed by atoms with Crippen molar-refractivity contribution in [2.24, 2.45) is 0 Å². The molecule has 154 valence electrons. The highest BCUT2D eigenvalue weighted by Gasteiger charge is 2.35. The number of rotatable bonds is 5. The first kappa shape index (κ1) is 19.0. The molecule has 0 radical (unpaired) electrons. The van der Waals surface area contributed by atoms with Gasteiger partial charge in [0.1, 0.15) is 5.82 Å². The molecule has 30 heavy (non-hydrogen) atoms. The van der Waals surface area contributed by atoms with Crippen LogP contribution in [0.3, 0.4) is 0 Å². The Labute approximate surface area is 176 Å². The summed E-state index contributed by atoms with van der Waals surface area (Å²) < 4.78 is 0. The van der Waals surface area contributed by atoms with Crippen molar-refractivity contribution in [3.8, 4) is 0 Å². The second kappa shape index (κ2) is 8.03. The van der Waals surface area contributed by atoms with Gasteiger partial charge in [-0.05, 0) is 67.5 Å².